The maximum absolute atomic E-state index is 13.5. The third-order valence-corrected chi connectivity index (χ3v) is 6.11. The van der Waals surface area contributed by atoms with E-state index in [9.17, 15) is 14.0 Å². The fourth-order valence-electron chi connectivity index (χ4n) is 4.72. The second kappa shape index (κ2) is 7.04. The molecule has 0 unspecified atom stereocenters. The molecule has 28 heavy (non-hydrogen) atoms. The van der Waals surface area contributed by atoms with Crippen LogP contribution in [0.5, 0.6) is 0 Å². The molecule has 0 aliphatic carbocycles. The van der Waals surface area contributed by atoms with Gasteiger partial charge in [-0.1, -0.05) is 18.6 Å². The van der Waals surface area contributed by atoms with E-state index in [1.165, 1.54) is 12.1 Å². The molecule has 0 bridgehead atoms. The van der Waals surface area contributed by atoms with Gasteiger partial charge in [-0.2, -0.15) is 5.10 Å². The number of halogens is 1. The van der Waals surface area contributed by atoms with Crippen LogP contribution < -0.4 is 5.32 Å². The fourth-order valence-corrected chi connectivity index (χ4v) is 4.72. The van der Waals surface area contributed by atoms with Gasteiger partial charge in [-0.15, -0.1) is 0 Å². The second-order valence-corrected chi connectivity index (χ2v) is 8.05. The summed E-state index contributed by atoms with van der Waals surface area (Å²) in [4.78, 5) is 27.8. The molecule has 7 heteroatoms. The third kappa shape index (κ3) is 3.19. The van der Waals surface area contributed by atoms with Crippen LogP contribution in [0, 0.1) is 5.82 Å². The summed E-state index contributed by atoms with van der Waals surface area (Å²) in [5.41, 5.74) is 0.856. The first-order chi connectivity index (χ1) is 13.4. The Labute approximate surface area is 163 Å². The van der Waals surface area contributed by atoms with Crippen LogP contribution in [0.4, 0.5) is 4.39 Å². The van der Waals surface area contributed by atoms with Gasteiger partial charge in [0.2, 0.25) is 5.91 Å². The molecule has 1 N–H and O–H groups in total. The molecule has 2 amide bonds. The maximum atomic E-state index is 13.5. The van der Waals surface area contributed by atoms with Gasteiger partial charge in [0.1, 0.15) is 11.5 Å². The lowest BCUT2D eigenvalue weighted by Crippen LogP contribution is -2.56. The molecule has 2 saturated heterocycles. The Kier molecular flexibility index (Phi) is 4.69. The van der Waals surface area contributed by atoms with Crippen molar-refractivity contribution in [3.8, 4) is 0 Å². The normalized spacial score (nSPS) is 27.7. The van der Waals surface area contributed by atoms with Crippen molar-refractivity contribution in [2.75, 3.05) is 0 Å². The molecule has 0 radical (unpaired) electrons. The molecule has 1 aromatic heterocycles. The van der Waals surface area contributed by atoms with Crippen LogP contribution in [0.1, 0.15) is 61.1 Å². The first-order valence-electron chi connectivity index (χ1n) is 9.76. The van der Waals surface area contributed by atoms with Gasteiger partial charge in [-0.05, 0) is 49.9 Å². The molecule has 2 aromatic rings. The number of hydrogen-bond acceptors (Lipinski definition) is 3. The zero-order chi connectivity index (χ0) is 19.9. The summed E-state index contributed by atoms with van der Waals surface area (Å²) in [7, 11) is 1.75. The van der Waals surface area contributed by atoms with Gasteiger partial charge < -0.3 is 10.2 Å². The molecule has 1 aromatic carbocycles. The van der Waals surface area contributed by atoms with Gasteiger partial charge >= 0.3 is 0 Å². The van der Waals surface area contributed by atoms with Gasteiger partial charge in [0.05, 0.1) is 17.6 Å². The Hall–Kier alpha value is -2.70. The monoisotopic (exact) mass is 384 g/mol. The Morgan fingerprint density at radius 3 is 2.68 bits per heavy atom. The summed E-state index contributed by atoms with van der Waals surface area (Å²) in [6.07, 6.45) is 5.23. The molecule has 2 aliphatic rings. The van der Waals surface area contributed by atoms with Crippen molar-refractivity contribution in [1.82, 2.24) is 20.0 Å². The van der Waals surface area contributed by atoms with Crippen LogP contribution >= 0.6 is 0 Å². The number of amides is 2. The Morgan fingerprint density at radius 1 is 1.25 bits per heavy atom. The topological polar surface area (TPSA) is 67.2 Å². The number of carbonyl (C=O) groups is 2. The summed E-state index contributed by atoms with van der Waals surface area (Å²) in [5, 5.41) is 7.32. The van der Waals surface area contributed by atoms with E-state index >= 15 is 0 Å². The summed E-state index contributed by atoms with van der Waals surface area (Å²) < 4.78 is 15.1. The van der Waals surface area contributed by atoms with Crippen LogP contribution in [-0.2, 0) is 11.8 Å². The molecule has 0 spiro atoms. The van der Waals surface area contributed by atoms with Crippen LogP contribution in [0.3, 0.4) is 0 Å². The van der Waals surface area contributed by atoms with E-state index in [-0.39, 0.29) is 29.7 Å². The number of likely N-dealkylation sites (tertiary alicyclic amines) is 1. The lowest BCUT2D eigenvalue weighted by atomic mass is 9.85. The van der Waals surface area contributed by atoms with Gasteiger partial charge in [0, 0.05) is 19.7 Å². The first kappa shape index (κ1) is 18.7. The summed E-state index contributed by atoms with van der Waals surface area (Å²) in [6.45, 7) is 2.02. The molecule has 148 valence electrons. The van der Waals surface area contributed by atoms with Crippen molar-refractivity contribution in [3.63, 3.8) is 0 Å². The van der Waals surface area contributed by atoms with E-state index in [1.54, 1.807) is 36.1 Å². The highest BCUT2D eigenvalue weighted by Crippen LogP contribution is 2.45. The molecular weight excluding hydrogens is 359 g/mol. The van der Waals surface area contributed by atoms with Crippen LogP contribution in [-0.4, -0.2) is 38.1 Å². The number of aryl methyl sites for hydroxylation is 1. The Bertz CT molecular complexity index is 894. The largest absolute Gasteiger partial charge is 0.349 e. The van der Waals surface area contributed by atoms with Crippen molar-refractivity contribution in [2.45, 2.75) is 56.7 Å². The van der Waals surface area contributed by atoms with E-state index in [1.807, 2.05) is 11.8 Å². The molecule has 3 atom stereocenters. The zero-order valence-corrected chi connectivity index (χ0v) is 16.2. The third-order valence-electron chi connectivity index (χ3n) is 6.11. The predicted molar refractivity (Wildman–Crippen MR) is 102 cm³/mol. The lowest BCUT2D eigenvalue weighted by Gasteiger charge is -2.38. The molecule has 6 nitrogen and oxygen atoms in total. The Balaban J connectivity index is 1.78. The van der Waals surface area contributed by atoms with Crippen LogP contribution in [0.25, 0.3) is 0 Å². The average Bonchev–Trinajstić information content (AvgIpc) is 3.19. The quantitative estimate of drug-likeness (QED) is 0.866. The number of aromatic nitrogens is 2. The van der Waals surface area contributed by atoms with Crippen LogP contribution in [0.15, 0.2) is 36.5 Å². The number of hydrogen-bond donors (Lipinski definition) is 1. The van der Waals surface area contributed by atoms with E-state index in [4.69, 9.17) is 0 Å². The average molecular weight is 384 g/mol. The zero-order valence-electron chi connectivity index (χ0n) is 16.2. The van der Waals surface area contributed by atoms with Crippen molar-refractivity contribution in [3.05, 3.63) is 53.6 Å². The number of benzene rings is 1. The SMILES string of the molecule is Cn1nccc1C(=O)N1[C@H]2CCCCC(=O)N[C@@]2(C)C[C@H]1c1ccc(F)cc1. The highest BCUT2D eigenvalue weighted by molar-refractivity contribution is 5.93. The number of nitrogens with zero attached hydrogens (tertiary/aromatic N) is 3. The second-order valence-electron chi connectivity index (χ2n) is 8.05. The smallest absolute Gasteiger partial charge is 0.272 e. The minimum Gasteiger partial charge on any atom is -0.349 e. The Morgan fingerprint density at radius 2 is 2.00 bits per heavy atom. The molecule has 0 saturated carbocycles. The summed E-state index contributed by atoms with van der Waals surface area (Å²) in [5.74, 6) is -0.394. The van der Waals surface area contributed by atoms with Crippen molar-refractivity contribution in [2.24, 2.45) is 7.05 Å². The number of fused-ring (bicyclic) bond motifs is 1. The molecule has 3 heterocycles. The first-order valence-corrected chi connectivity index (χ1v) is 9.76. The van der Waals surface area contributed by atoms with E-state index in [0.29, 0.717) is 18.5 Å². The minimum absolute atomic E-state index is 0.0277. The molecular formula is C21H25FN4O2. The lowest BCUT2D eigenvalue weighted by molar-refractivity contribution is -0.123. The predicted octanol–water partition coefficient (Wildman–Crippen LogP) is 2.96. The summed E-state index contributed by atoms with van der Waals surface area (Å²) >= 11 is 0. The van der Waals surface area contributed by atoms with E-state index in [0.717, 1.165) is 24.8 Å². The van der Waals surface area contributed by atoms with Gasteiger partial charge in [-0.25, -0.2) is 4.39 Å². The maximum Gasteiger partial charge on any atom is 0.272 e. The van der Waals surface area contributed by atoms with Crippen LogP contribution in [0.2, 0.25) is 0 Å². The standard InChI is InChI=1S/C21H25FN4O2/c1-21-13-17(14-7-9-15(22)10-8-14)26(20(28)16-11-12-23-25(16)2)18(21)5-3-4-6-19(27)24-21/h7-12,17-18H,3-6,13H2,1-2H3,(H,24,27)/t17-,18-,21-/m0/s1. The number of carbonyl (C=O) groups excluding carboxylic acids is 2. The van der Waals surface area contributed by atoms with E-state index < -0.39 is 5.54 Å². The van der Waals surface area contributed by atoms with Gasteiger partial charge in [0.25, 0.3) is 5.91 Å². The number of nitrogens with one attached hydrogen (secondary N) is 1. The highest BCUT2D eigenvalue weighted by atomic mass is 19.1. The van der Waals surface area contributed by atoms with Gasteiger partial charge in [0.15, 0.2) is 0 Å². The van der Waals surface area contributed by atoms with E-state index in [2.05, 4.69) is 10.4 Å². The highest BCUT2D eigenvalue weighted by Gasteiger charge is 2.52. The molecule has 4 rings (SSSR count). The fraction of sp³-hybridized carbons (Fsp3) is 0.476. The van der Waals surface area contributed by atoms with Crippen molar-refractivity contribution < 1.29 is 14.0 Å². The van der Waals surface area contributed by atoms with Crippen molar-refractivity contribution in [1.29, 1.82) is 0 Å². The number of rotatable bonds is 2. The summed E-state index contributed by atoms with van der Waals surface area (Å²) in [6, 6.07) is 7.64. The molecule has 2 fully saturated rings. The van der Waals surface area contributed by atoms with Crippen molar-refractivity contribution >= 4 is 11.8 Å². The molecule has 2 aliphatic heterocycles. The van der Waals surface area contributed by atoms with Gasteiger partial charge in [-0.3, -0.25) is 14.3 Å². The minimum atomic E-state index is -0.523.